The first kappa shape index (κ1) is 15.5. The van der Waals surface area contributed by atoms with Gasteiger partial charge in [0.15, 0.2) is 11.5 Å². The Morgan fingerprint density at radius 1 is 1.24 bits per heavy atom. The minimum absolute atomic E-state index is 0.359. The van der Waals surface area contributed by atoms with E-state index in [1.807, 2.05) is 6.07 Å². The van der Waals surface area contributed by atoms with E-state index in [0.29, 0.717) is 18.3 Å². The number of halogens is 3. The van der Waals surface area contributed by atoms with Crippen LogP contribution in [0.5, 0.6) is 0 Å². The van der Waals surface area contributed by atoms with Gasteiger partial charge in [0.05, 0.1) is 0 Å². The minimum Gasteiger partial charge on any atom is -0.312 e. The third-order valence-corrected chi connectivity index (χ3v) is 2.81. The largest absolute Gasteiger partial charge is 0.435 e. The molecule has 2 heterocycles. The molecule has 0 aromatic carbocycles. The van der Waals surface area contributed by atoms with Gasteiger partial charge in [0, 0.05) is 18.9 Å². The number of nitrogens with zero attached hydrogens (tertiary/aromatic N) is 3. The standard InChI is InChI=1S/C14H17F3N4/c1-10(2)7-18-8-11-3-4-13(19-9-11)21-6-5-12(20-21)14(15,16)17/h3-6,9-10,18H,7-8H2,1-2H3. The van der Waals surface area contributed by atoms with Crippen LogP contribution in [0.2, 0.25) is 0 Å². The Labute approximate surface area is 121 Å². The Balaban J connectivity index is 2.03. The molecule has 2 aromatic heterocycles. The minimum atomic E-state index is -4.44. The number of nitrogens with one attached hydrogen (secondary N) is 1. The normalized spacial score (nSPS) is 12.1. The van der Waals surface area contributed by atoms with Crippen molar-refractivity contribution in [1.29, 1.82) is 0 Å². The summed E-state index contributed by atoms with van der Waals surface area (Å²) in [6.07, 6.45) is -1.55. The summed E-state index contributed by atoms with van der Waals surface area (Å²) in [5.41, 5.74) is 0.0505. The Morgan fingerprint density at radius 2 is 2.00 bits per heavy atom. The van der Waals surface area contributed by atoms with Crippen molar-refractivity contribution in [1.82, 2.24) is 20.1 Å². The molecule has 0 unspecified atom stereocenters. The molecule has 0 spiro atoms. The van der Waals surface area contributed by atoms with Gasteiger partial charge in [0.1, 0.15) is 0 Å². The zero-order chi connectivity index (χ0) is 15.5. The molecule has 4 nitrogen and oxygen atoms in total. The molecular weight excluding hydrogens is 281 g/mol. The summed E-state index contributed by atoms with van der Waals surface area (Å²) in [7, 11) is 0. The Kier molecular flexibility index (Phi) is 4.62. The molecule has 7 heteroatoms. The molecule has 0 aliphatic heterocycles. The van der Waals surface area contributed by atoms with E-state index in [1.54, 1.807) is 12.3 Å². The number of aromatic nitrogens is 3. The molecule has 2 rings (SSSR count). The quantitative estimate of drug-likeness (QED) is 0.922. The van der Waals surface area contributed by atoms with Gasteiger partial charge in [-0.3, -0.25) is 0 Å². The maximum absolute atomic E-state index is 12.5. The lowest BCUT2D eigenvalue weighted by atomic mass is 10.2. The van der Waals surface area contributed by atoms with Crippen molar-refractivity contribution < 1.29 is 13.2 Å². The summed E-state index contributed by atoms with van der Waals surface area (Å²) in [4.78, 5) is 4.14. The van der Waals surface area contributed by atoms with E-state index in [0.717, 1.165) is 22.9 Å². The Hall–Kier alpha value is -1.89. The predicted molar refractivity (Wildman–Crippen MR) is 72.9 cm³/mol. The van der Waals surface area contributed by atoms with Crippen molar-refractivity contribution in [2.24, 2.45) is 5.92 Å². The molecule has 0 fully saturated rings. The molecule has 0 saturated carbocycles. The SMILES string of the molecule is CC(C)CNCc1ccc(-n2ccc(C(F)(F)F)n2)nc1. The van der Waals surface area contributed by atoms with E-state index in [2.05, 4.69) is 29.2 Å². The lowest BCUT2D eigenvalue weighted by Crippen LogP contribution is -2.19. The van der Waals surface area contributed by atoms with E-state index in [1.165, 1.54) is 6.20 Å². The average molecular weight is 298 g/mol. The van der Waals surface area contributed by atoms with Gasteiger partial charge in [-0.2, -0.15) is 18.3 Å². The highest BCUT2D eigenvalue weighted by Crippen LogP contribution is 2.27. The monoisotopic (exact) mass is 298 g/mol. The topological polar surface area (TPSA) is 42.7 Å². The molecule has 0 saturated heterocycles. The molecule has 0 aliphatic rings. The lowest BCUT2D eigenvalue weighted by Gasteiger charge is -2.08. The van der Waals surface area contributed by atoms with Gasteiger partial charge in [-0.15, -0.1) is 0 Å². The molecule has 0 bridgehead atoms. The van der Waals surface area contributed by atoms with Gasteiger partial charge in [-0.25, -0.2) is 9.67 Å². The fourth-order valence-electron chi connectivity index (χ4n) is 1.76. The van der Waals surface area contributed by atoms with Crippen LogP contribution < -0.4 is 5.32 Å². The zero-order valence-electron chi connectivity index (χ0n) is 11.9. The first-order chi connectivity index (χ1) is 9.86. The number of hydrogen-bond donors (Lipinski definition) is 1. The summed E-state index contributed by atoms with van der Waals surface area (Å²) >= 11 is 0. The van der Waals surface area contributed by atoms with E-state index in [-0.39, 0.29) is 0 Å². The van der Waals surface area contributed by atoms with E-state index in [4.69, 9.17) is 0 Å². The number of rotatable bonds is 5. The summed E-state index contributed by atoms with van der Waals surface area (Å²) in [5.74, 6) is 0.917. The van der Waals surface area contributed by atoms with Crippen LogP contribution >= 0.6 is 0 Å². The van der Waals surface area contributed by atoms with Crippen LogP contribution in [0.1, 0.15) is 25.1 Å². The van der Waals surface area contributed by atoms with Gasteiger partial charge >= 0.3 is 6.18 Å². The molecule has 1 N–H and O–H groups in total. The summed E-state index contributed by atoms with van der Waals surface area (Å²) in [6.45, 7) is 5.81. The van der Waals surface area contributed by atoms with Crippen molar-refractivity contribution in [3.63, 3.8) is 0 Å². The van der Waals surface area contributed by atoms with E-state index < -0.39 is 11.9 Å². The van der Waals surface area contributed by atoms with Gasteiger partial charge in [-0.05, 0) is 30.2 Å². The van der Waals surface area contributed by atoms with Crippen LogP contribution in [0.4, 0.5) is 13.2 Å². The molecule has 0 radical (unpaired) electrons. The number of hydrogen-bond acceptors (Lipinski definition) is 3. The third kappa shape index (κ3) is 4.29. The van der Waals surface area contributed by atoms with Crippen LogP contribution in [-0.2, 0) is 12.7 Å². The third-order valence-electron chi connectivity index (χ3n) is 2.81. The van der Waals surface area contributed by atoms with Crippen LogP contribution in [0.3, 0.4) is 0 Å². The molecular formula is C14H17F3N4. The molecule has 114 valence electrons. The molecule has 21 heavy (non-hydrogen) atoms. The summed E-state index contributed by atoms with van der Waals surface area (Å²) in [5, 5.41) is 6.75. The van der Waals surface area contributed by atoms with Crippen molar-refractivity contribution in [2.45, 2.75) is 26.6 Å². The first-order valence-corrected chi connectivity index (χ1v) is 6.65. The Bertz CT molecular complexity index is 573. The van der Waals surface area contributed by atoms with E-state index in [9.17, 15) is 13.2 Å². The summed E-state index contributed by atoms with van der Waals surface area (Å²) < 4.78 is 38.6. The molecule has 2 aromatic rings. The van der Waals surface area contributed by atoms with Crippen LogP contribution in [0, 0.1) is 5.92 Å². The highest BCUT2D eigenvalue weighted by molar-refractivity contribution is 5.25. The van der Waals surface area contributed by atoms with Gasteiger partial charge in [0.2, 0.25) is 0 Å². The first-order valence-electron chi connectivity index (χ1n) is 6.65. The maximum Gasteiger partial charge on any atom is 0.435 e. The van der Waals surface area contributed by atoms with Crippen LogP contribution in [0.25, 0.3) is 5.82 Å². The summed E-state index contributed by atoms with van der Waals surface area (Å²) in [6, 6.07) is 4.41. The van der Waals surface area contributed by atoms with Gasteiger partial charge < -0.3 is 5.32 Å². The highest BCUT2D eigenvalue weighted by Gasteiger charge is 2.33. The van der Waals surface area contributed by atoms with Crippen LogP contribution in [0.15, 0.2) is 30.6 Å². The van der Waals surface area contributed by atoms with Crippen molar-refractivity contribution in [3.8, 4) is 5.82 Å². The smallest absolute Gasteiger partial charge is 0.312 e. The molecule has 0 aliphatic carbocycles. The second-order valence-electron chi connectivity index (χ2n) is 5.19. The average Bonchev–Trinajstić information content (AvgIpc) is 2.88. The van der Waals surface area contributed by atoms with Crippen LogP contribution in [-0.4, -0.2) is 21.3 Å². The number of alkyl halides is 3. The maximum atomic E-state index is 12.5. The van der Waals surface area contributed by atoms with E-state index >= 15 is 0 Å². The highest BCUT2D eigenvalue weighted by atomic mass is 19.4. The number of pyridine rings is 1. The van der Waals surface area contributed by atoms with Gasteiger partial charge in [-0.1, -0.05) is 19.9 Å². The second-order valence-corrected chi connectivity index (χ2v) is 5.19. The van der Waals surface area contributed by atoms with Gasteiger partial charge in [0.25, 0.3) is 0 Å². The fraction of sp³-hybridized carbons (Fsp3) is 0.429. The Morgan fingerprint density at radius 3 is 2.52 bits per heavy atom. The molecule has 0 amide bonds. The molecule has 0 atom stereocenters. The fourth-order valence-corrected chi connectivity index (χ4v) is 1.76. The lowest BCUT2D eigenvalue weighted by molar-refractivity contribution is -0.141. The second kappa shape index (κ2) is 6.26. The van der Waals surface area contributed by atoms with Crippen molar-refractivity contribution >= 4 is 0 Å². The predicted octanol–water partition coefficient (Wildman–Crippen LogP) is 3.03. The van der Waals surface area contributed by atoms with Crippen molar-refractivity contribution in [3.05, 3.63) is 41.9 Å². The van der Waals surface area contributed by atoms with Crippen molar-refractivity contribution in [2.75, 3.05) is 6.54 Å². The zero-order valence-corrected chi connectivity index (χ0v) is 11.9.